The molecule has 4 N–H and O–H groups in total. The molecular formula is C13H18O5. The Morgan fingerprint density at radius 1 is 1.22 bits per heavy atom. The second-order valence-electron chi connectivity index (χ2n) is 4.73. The Hall–Kier alpha value is -0.980. The van der Waals surface area contributed by atoms with Gasteiger partial charge in [0, 0.05) is 0 Å². The molecule has 0 unspecified atom stereocenters. The summed E-state index contributed by atoms with van der Waals surface area (Å²) in [5, 5.41) is 38.8. The van der Waals surface area contributed by atoms with Gasteiger partial charge in [-0.25, -0.2) is 0 Å². The van der Waals surface area contributed by atoms with Crippen molar-refractivity contribution < 1.29 is 25.2 Å². The highest BCUT2D eigenvalue weighted by Crippen LogP contribution is 2.35. The molecule has 5 nitrogen and oxygen atoms in total. The monoisotopic (exact) mass is 254 g/mol. The van der Waals surface area contributed by atoms with Crippen molar-refractivity contribution >= 4 is 0 Å². The summed E-state index contributed by atoms with van der Waals surface area (Å²) in [4.78, 5) is 0. The molecule has 4 atom stereocenters. The lowest BCUT2D eigenvalue weighted by molar-refractivity contribution is -0.252. The second kappa shape index (κ2) is 4.95. The van der Waals surface area contributed by atoms with Crippen molar-refractivity contribution in [2.45, 2.75) is 30.8 Å². The molecule has 0 amide bonds. The van der Waals surface area contributed by atoms with E-state index in [0.717, 1.165) is 5.56 Å². The Labute approximate surface area is 105 Å². The van der Waals surface area contributed by atoms with E-state index in [4.69, 9.17) is 4.74 Å². The first kappa shape index (κ1) is 13.5. The quantitative estimate of drug-likeness (QED) is 0.560. The van der Waals surface area contributed by atoms with E-state index in [-0.39, 0.29) is 6.61 Å². The minimum absolute atomic E-state index is 0.132. The van der Waals surface area contributed by atoms with Crippen LogP contribution in [-0.2, 0) is 10.3 Å². The van der Waals surface area contributed by atoms with Crippen molar-refractivity contribution in [3.8, 4) is 0 Å². The van der Waals surface area contributed by atoms with Crippen molar-refractivity contribution in [1.29, 1.82) is 0 Å². The van der Waals surface area contributed by atoms with Crippen LogP contribution in [0, 0.1) is 6.92 Å². The summed E-state index contributed by atoms with van der Waals surface area (Å²) in [7, 11) is 0. The van der Waals surface area contributed by atoms with E-state index in [1.54, 1.807) is 12.1 Å². The fourth-order valence-corrected chi connectivity index (χ4v) is 2.22. The van der Waals surface area contributed by atoms with Gasteiger partial charge in [-0.05, 0) is 12.5 Å². The molecule has 0 spiro atoms. The Morgan fingerprint density at radius 3 is 2.39 bits per heavy atom. The standard InChI is InChI=1S/C13H18O5/c1-8-2-4-9(5-3-8)13(7-14)12(17)11(16)10(15)6-18-13/h2-5,10-12,14-17H,6-7H2,1H3/t10-,11-,12-,13-/m1/s1. The topological polar surface area (TPSA) is 90.2 Å². The molecule has 1 aromatic rings. The van der Waals surface area contributed by atoms with Gasteiger partial charge in [-0.15, -0.1) is 0 Å². The van der Waals surface area contributed by atoms with Gasteiger partial charge in [-0.1, -0.05) is 29.8 Å². The minimum atomic E-state index is -1.38. The summed E-state index contributed by atoms with van der Waals surface area (Å²) in [5.74, 6) is 0. The predicted octanol–water partition coefficient (Wildman–Crippen LogP) is -0.704. The number of aliphatic hydroxyl groups is 4. The molecule has 100 valence electrons. The summed E-state index contributed by atoms with van der Waals surface area (Å²) >= 11 is 0. The summed E-state index contributed by atoms with van der Waals surface area (Å²) in [6.45, 7) is 1.32. The molecule has 2 rings (SSSR count). The van der Waals surface area contributed by atoms with E-state index in [2.05, 4.69) is 0 Å². The summed E-state index contributed by atoms with van der Waals surface area (Å²) in [5.41, 5.74) is 0.235. The van der Waals surface area contributed by atoms with Crippen LogP contribution in [0.25, 0.3) is 0 Å². The molecule has 1 fully saturated rings. The third kappa shape index (κ3) is 2.04. The molecule has 0 radical (unpaired) electrons. The Kier molecular flexibility index (Phi) is 3.70. The first-order chi connectivity index (χ1) is 8.51. The van der Waals surface area contributed by atoms with Crippen LogP contribution in [0.4, 0.5) is 0 Å². The maximum atomic E-state index is 10.1. The minimum Gasteiger partial charge on any atom is -0.393 e. The first-order valence-corrected chi connectivity index (χ1v) is 5.87. The zero-order valence-electron chi connectivity index (χ0n) is 10.2. The molecule has 1 aliphatic rings. The smallest absolute Gasteiger partial charge is 0.144 e. The molecule has 1 aromatic carbocycles. The number of benzene rings is 1. The Morgan fingerprint density at radius 2 is 1.83 bits per heavy atom. The lowest BCUT2D eigenvalue weighted by atomic mass is 9.82. The van der Waals surface area contributed by atoms with Crippen molar-refractivity contribution in [2.75, 3.05) is 13.2 Å². The van der Waals surface area contributed by atoms with Gasteiger partial charge in [0.15, 0.2) is 0 Å². The third-order valence-electron chi connectivity index (χ3n) is 3.48. The molecule has 5 heteroatoms. The van der Waals surface area contributed by atoms with Crippen molar-refractivity contribution in [2.24, 2.45) is 0 Å². The van der Waals surface area contributed by atoms with Crippen LogP contribution in [0.1, 0.15) is 11.1 Å². The molecule has 0 saturated carbocycles. The van der Waals surface area contributed by atoms with Crippen LogP contribution in [0.2, 0.25) is 0 Å². The van der Waals surface area contributed by atoms with Crippen LogP contribution in [0.5, 0.6) is 0 Å². The normalized spacial score (nSPS) is 36.6. The van der Waals surface area contributed by atoms with Gasteiger partial charge in [0.05, 0.1) is 13.2 Å². The fourth-order valence-electron chi connectivity index (χ4n) is 2.22. The van der Waals surface area contributed by atoms with E-state index < -0.39 is 30.5 Å². The zero-order chi connectivity index (χ0) is 13.3. The van der Waals surface area contributed by atoms with Gasteiger partial charge in [0.2, 0.25) is 0 Å². The van der Waals surface area contributed by atoms with E-state index in [1.165, 1.54) is 0 Å². The number of aliphatic hydroxyl groups excluding tert-OH is 4. The summed E-state index contributed by atoms with van der Waals surface area (Å²) in [6.07, 6.45) is -3.87. The zero-order valence-corrected chi connectivity index (χ0v) is 10.2. The molecule has 1 aliphatic heterocycles. The van der Waals surface area contributed by atoms with Gasteiger partial charge in [-0.3, -0.25) is 0 Å². The van der Waals surface area contributed by atoms with E-state index in [9.17, 15) is 20.4 Å². The number of aryl methyl sites for hydroxylation is 1. The molecule has 1 saturated heterocycles. The lowest BCUT2D eigenvalue weighted by Gasteiger charge is -2.44. The number of ether oxygens (including phenoxy) is 1. The maximum absolute atomic E-state index is 10.1. The summed E-state index contributed by atoms with van der Waals surface area (Å²) < 4.78 is 5.43. The lowest BCUT2D eigenvalue weighted by Crippen LogP contribution is -2.60. The predicted molar refractivity (Wildman–Crippen MR) is 63.9 cm³/mol. The number of rotatable bonds is 2. The van der Waals surface area contributed by atoms with E-state index in [1.807, 2.05) is 19.1 Å². The van der Waals surface area contributed by atoms with Gasteiger partial charge in [-0.2, -0.15) is 0 Å². The molecule has 0 aliphatic carbocycles. The molecular weight excluding hydrogens is 236 g/mol. The van der Waals surface area contributed by atoms with Crippen molar-refractivity contribution in [3.05, 3.63) is 35.4 Å². The van der Waals surface area contributed by atoms with Crippen LogP contribution in [-0.4, -0.2) is 52.0 Å². The fraction of sp³-hybridized carbons (Fsp3) is 0.538. The van der Waals surface area contributed by atoms with Crippen LogP contribution < -0.4 is 0 Å². The molecule has 0 bridgehead atoms. The van der Waals surface area contributed by atoms with Crippen molar-refractivity contribution in [3.63, 3.8) is 0 Å². The van der Waals surface area contributed by atoms with Crippen LogP contribution in [0.15, 0.2) is 24.3 Å². The van der Waals surface area contributed by atoms with Crippen LogP contribution >= 0.6 is 0 Å². The van der Waals surface area contributed by atoms with E-state index in [0.29, 0.717) is 5.56 Å². The van der Waals surface area contributed by atoms with Crippen LogP contribution in [0.3, 0.4) is 0 Å². The molecule has 18 heavy (non-hydrogen) atoms. The van der Waals surface area contributed by atoms with Gasteiger partial charge in [0.25, 0.3) is 0 Å². The van der Waals surface area contributed by atoms with E-state index >= 15 is 0 Å². The Bertz CT molecular complexity index is 404. The highest BCUT2D eigenvalue weighted by atomic mass is 16.5. The second-order valence-corrected chi connectivity index (χ2v) is 4.73. The number of hydrogen-bond acceptors (Lipinski definition) is 5. The maximum Gasteiger partial charge on any atom is 0.144 e. The SMILES string of the molecule is Cc1ccc([C@@]2(CO)OC[C@@H](O)[C@@H](O)[C@H]2O)cc1. The first-order valence-electron chi connectivity index (χ1n) is 5.87. The average molecular weight is 254 g/mol. The highest BCUT2D eigenvalue weighted by molar-refractivity contribution is 5.29. The van der Waals surface area contributed by atoms with Gasteiger partial charge < -0.3 is 25.2 Å². The van der Waals surface area contributed by atoms with Gasteiger partial charge >= 0.3 is 0 Å². The highest BCUT2D eigenvalue weighted by Gasteiger charge is 2.50. The molecule has 1 heterocycles. The third-order valence-corrected chi connectivity index (χ3v) is 3.48. The van der Waals surface area contributed by atoms with Crippen molar-refractivity contribution in [1.82, 2.24) is 0 Å². The molecule has 0 aromatic heterocycles. The average Bonchev–Trinajstić information content (AvgIpc) is 2.38. The summed E-state index contributed by atoms with van der Waals surface area (Å²) in [6, 6.07) is 7.14. The van der Waals surface area contributed by atoms with Gasteiger partial charge in [0.1, 0.15) is 23.9 Å². The Balaban J connectivity index is 2.38. The number of hydrogen-bond donors (Lipinski definition) is 4. The largest absolute Gasteiger partial charge is 0.393 e.